The van der Waals surface area contributed by atoms with Crippen LogP contribution < -0.4 is 10.6 Å². The summed E-state index contributed by atoms with van der Waals surface area (Å²) in [5.74, 6) is -0.477. The lowest BCUT2D eigenvalue weighted by Crippen LogP contribution is -2.50. The summed E-state index contributed by atoms with van der Waals surface area (Å²) < 4.78 is 0. The Kier molecular flexibility index (Phi) is 5.81. The number of nitrogens with one attached hydrogen (secondary N) is 3. The summed E-state index contributed by atoms with van der Waals surface area (Å²) in [6, 6.07) is 12.6. The molecule has 4 rings (SSSR count). The van der Waals surface area contributed by atoms with E-state index < -0.39 is 6.04 Å². The molecular weight excluding hydrogens is 388 g/mol. The van der Waals surface area contributed by atoms with Gasteiger partial charge in [-0.2, -0.15) is 0 Å². The minimum absolute atomic E-state index is 0.144. The first-order valence-electron chi connectivity index (χ1n) is 9.88. The van der Waals surface area contributed by atoms with Crippen molar-refractivity contribution in [1.29, 1.82) is 0 Å². The fourth-order valence-corrected chi connectivity index (χ4v) is 3.96. The molecule has 1 aliphatic rings. The molecule has 1 atom stereocenters. The Balaban J connectivity index is 1.52. The molecule has 29 heavy (non-hydrogen) atoms. The Bertz CT molecular complexity index is 1010. The predicted molar refractivity (Wildman–Crippen MR) is 113 cm³/mol. The average molecular weight is 411 g/mol. The molecule has 7 heteroatoms. The van der Waals surface area contributed by atoms with E-state index in [4.69, 9.17) is 11.6 Å². The van der Waals surface area contributed by atoms with E-state index in [-0.39, 0.29) is 17.9 Å². The van der Waals surface area contributed by atoms with Crippen LogP contribution in [0.4, 0.5) is 0 Å². The van der Waals surface area contributed by atoms with Gasteiger partial charge in [-0.15, -0.1) is 0 Å². The van der Waals surface area contributed by atoms with Crippen LogP contribution in [-0.4, -0.2) is 33.9 Å². The molecule has 3 N–H and O–H groups in total. The number of rotatable bonds is 6. The van der Waals surface area contributed by atoms with Gasteiger partial charge < -0.3 is 15.6 Å². The number of amides is 2. The molecule has 0 bridgehead atoms. The predicted octanol–water partition coefficient (Wildman–Crippen LogP) is 3.62. The first-order valence-corrected chi connectivity index (χ1v) is 10.3. The number of aromatic nitrogens is 2. The van der Waals surface area contributed by atoms with E-state index in [1.54, 1.807) is 18.3 Å². The van der Waals surface area contributed by atoms with Crippen molar-refractivity contribution in [2.45, 2.75) is 44.2 Å². The van der Waals surface area contributed by atoms with Crippen molar-refractivity contribution in [3.63, 3.8) is 0 Å². The van der Waals surface area contributed by atoms with Crippen molar-refractivity contribution >= 4 is 34.3 Å². The van der Waals surface area contributed by atoms with Gasteiger partial charge in [0, 0.05) is 17.8 Å². The minimum atomic E-state index is -0.654. The van der Waals surface area contributed by atoms with Gasteiger partial charge in [0.1, 0.15) is 16.9 Å². The van der Waals surface area contributed by atoms with E-state index in [1.165, 1.54) is 0 Å². The third kappa shape index (κ3) is 4.77. The zero-order valence-electron chi connectivity index (χ0n) is 16.0. The normalized spacial score (nSPS) is 15.3. The second-order valence-corrected chi connectivity index (χ2v) is 7.87. The lowest BCUT2D eigenvalue weighted by Gasteiger charge is -2.21. The van der Waals surface area contributed by atoms with Gasteiger partial charge in [0.2, 0.25) is 5.91 Å². The van der Waals surface area contributed by atoms with Crippen LogP contribution in [0.2, 0.25) is 5.15 Å². The molecule has 3 aromatic rings. The topological polar surface area (TPSA) is 86.9 Å². The summed E-state index contributed by atoms with van der Waals surface area (Å²) in [4.78, 5) is 32.8. The molecule has 2 aromatic heterocycles. The molecule has 150 valence electrons. The number of hydrogen-bond acceptors (Lipinski definition) is 3. The highest BCUT2D eigenvalue weighted by atomic mass is 35.5. The second-order valence-electron chi connectivity index (χ2n) is 7.48. The lowest BCUT2D eigenvalue weighted by atomic mass is 10.0. The van der Waals surface area contributed by atoms with Crippen molar-refractivity contribution in [2.24, 2.45) is 0 Å². The molecule has 0 radical (unpaired) electrons. The number of fused-ring (bicyclic) bond motifs is 1. The number of aromatic amines is 1. The fraction of sp³-hybridized carbons (Fsp3) is 0.318. The summed E-state index contributed by atoms with van der Waals surface area (Å²) in [7, 11) is 0. The zero-order valence-corrected chi connectivity index (χ0v) is 16.7. The van der Waals surface area contributed by atoms with Crippen LogP contribution in [0.1, 0.15) is 41.7 Å². The smallest absolute Gasteiger partial charge is 0.268 e. The van der Waals surface area contributed by atoms with Gasteiger partial charge in [0.15, 0.2) is 0 Å². The number of nitrogens with zero attached hydrogens (tertiary/aromatic N) is 1. The van der Waals surface area contributed by atoms with Crippen LogP contribution in [0.15, 0.2) is 48.7 Å². The molecular formula is C22H23ClN4O2. The summed E-state index contributed by atoms with van der Waals surface area (Å²) in [6.45, 7) is 0. The van der Waals surface area contributed by atoms with Crippen LogP contribution in [0.25, 0.3) is 10.9 Å². The van der Waals surface area contributed by atoms with Gasteiger partial charge in [0.25, 0.3) is 5.91 Å². The van der Waals surface area contributed by atoms with E-state index in [2.05, 4.69) is 20.6 Å². The molecule has 0 unspecified atom stereocenters. The molecule has 1 fully saturated rings. The van der Waals surface area contributed by atoms with Crippen molar-refractivity contribution in [3.8, 4) is 0 Å². The van der Waals surface area contributed by atoms with Crippen LogP contribution in [0, 0.1) is 0 Å². The van der Waals surface area contributed by atoms with Gasteiger partial charge in [-0.3, -0.25) is 9.59 Å². The standard InChI is InChI=1S/C22H23ClN4O2/c23-20-12-15-11-18(26-19(15)13-24-20)22(29)27-17(10-14-6-2-1-3-7-14)21(28)25-16-8-4-5-9-16/h1-3,6-7,11-13,16-17,26H,4-5,8-10H2,(H,25,28)(H,27,29)/t17-/m0/s1. The van der Waals surface area contributed by atoms with E-state index in [0.29, 0.717) is 17.3 Å². The van der Waals surface area contributed by atoms with Gasteiger partial charge in [-0.1, -0.05) is 54.8 Å². The van der Waals surface area contributed by atoms with Gasteiger partial charge in [-0.25, -0.2) is 4.98 Å². The maximum atomic E-state index is 12.9. The van der Waals surface area contributed by atoms with Gasteiger partial charge >= 0.3 is 0 Å². The Hall–Kier alpha value is -2.86. The molecule has 0 saturated heterocycles. The lowest BCUT2D eigenvalue weighted by molar-refractivity contribution is -0.123. The summed E-state index contributed by atoms with van der Waals surface area (Å²) in [6.07, 6.45) is 6.27. The average Bonchev–Trinajstić information content (AvgIpc) is 3.37. The van der Waals surface area contributed by atoms with Gasteiger partial charge in [0.05, 0.1) is 11.7 Å². The Labute approximate surface area is 174 Å². The summed E-state index contributed by atoms with van der Waals surface area (Å²) in [5.41, 5.74) is 2.08. The van der Waals surface area contributed by atoms with E-state index in [0.717, 1.165) is 42.1 Å². The highest BCUT2D eigenvalue weighted by Gasteiger charge is 2.26. The van der Waals surface area contributed by atoms with Gasteiger partial charge in [-0.05, 0) is 30.5 Å². The molecule has 0 aliphatic heterocycles. The number of carbonyl (C=O) groups is 2. The second kappa shape index (κ2) is 8.66. The summed E-state index contributed by atoms with van der Waals surface area (Å²) >= 11 is 5.93. The zero-order chi connectivity index (χ0) is 20.2. The fourth-order valence-electron chi connectivity index (χ4n) is 3.79. The maximum absolute atomic E-state index is 12.9. The molecule has 2 heterocycles. The number of carbonyl (C=O) groups excluding carboxylic acids is 2. The number of hydrogen-bond donors (Lipinski definition) is 3. The molecule has 1 saturated carbocycles. The van der Waals surface area contributed by atoms with Crippen LogP contribution in [0.5, 0.6) is 0 Å². The Morgan fingerprint density at radius 3 is 2.69 bits per heavy atom. The van der Waals surface area contributed by atoms with Crippen LogP contribution in [0.3, 0.4) is 0 Å². The largest absolute Gasteiger partial charge is 0.352 e. The minimum Gasteiger partial charge on any atom is -0.352 e. The molecule has 6 nitrogen and oxygen atoms in total. The molecule has 2 amide bonds. The Morgan fingerprint density at radius 2 is 1.93 bits per heavy atom. The van der Waals surface area contributed by atoms with E-state index in [1.807, 2.05) is 30.3 Å². The Morgan fingerprint density at radius 1 is 1.17 bits per heavy atom. The first kappa shape index (κ1) is 19.5. The van der Waals surface area contributed by atoms with Crippen LogP contribution in [-0.2, 0) is 11.2 Å². The molecule has 1 aromatic carbocycles. The van der Waals surface area contributed by atoms with Crippen molar-refractivity contribution in [1.82, 2.24) is 20.6 Å². The number of benzene rings is 1. The third-order valence-corrected chi connectivity index (χ3v) is 5.53. The highest BCUT2D eigenvalue weighted by Crippen LogP contribution is 2.19. The molecule has 1 aliphatic carbocycles. The van der Waals surface area contributed by atoms with Crippen molar-refractivity contribution < 1.29 is 9.59 Å². The maximum Gasteiger partial charge on any atom is 0.268 e. The quantitative estimate of drug-likeness (QED) is 0.542. The first-order chi connectivity index (χ1) is 14.1. The van der Waals surface area contributed by atoms with Crippen molar-refractivity contribution in [2.75, 3.05) is 0 Å². The number of H-pyrrole nitrogens is 1. The number of pyridine rings is 1. The van der Waals surface area contributed by atoms with Crippen LogP contribution >= 0.6 is 11.6 Å². The highest BCUT2D eigenvalue weighted by molar-refractivity contribution is 6.30. The monoisotopic (exact) mass is 410 g/mol. The SMILES string of the molecule is O=C(N[C@@H](Cc1ccccc1)C(=O)NC1CCCC1)c1cc2cc(Cl)ncc2[nH]1. The van der Waals surface area contributed by atoms with Crippen molar-refractivity contribution in [3.05, 3.63) is 65.1 Å². The third-order valence-electron chi connectivity index (χ3n) is 5.32. The van der Waals surface area contributed by atoms with E-state index >= 15 is 0 Å². The number of halogens is 1. The molecule has 0 spiro atoms. The summed E-state index contributed by atoms with van der Waals surface area (Å²) in [5, 5.41) is 7.15. The van der Waals surface area contributed by atoms with E-state index in [9.17, 15) is 9.59 Å².